The maximum atomic E-state index is 6.14. The van der Waals surface area contributed by atoms with Crippen molar-refractivity contribution in [3.05, 3.63) is 123 Å². The lowest BCUT2D eigenvalue weighted by Gasteiger charge is -2.32. The van der Waals surface area contributed by atoms with E-state index in [4.69, 9.17) is 9.31 Å². The fraction of sp³-hybridized carbons (Fsp3) is 0.216. The number of pyridine rings is 1. The summed E-state index contributed by atoms with van der Waals surface area (Å²) in [7, 11) is -0.317. The second-order valence-corrected chi connectivity index (χ2v) is 13.9. The number of halogens is 2. The van der Waals surface area contributed by atoms with Gasteiger partial charge in [0.05, 0.1) is 27.9 Å². The number of aryl methyl sites for hydroxylation is 1. The van der Waals surface area contributed by atoms with Crippen molar-refractivity contribution in [3.8, 4) is 16.9 Å². The van der Waals surface area contributed by atoms with Gasteiger partial charge in [-0.05, 0) is 121 Å². The number of hydrogen-bond acceptors (Lipinski definition) is 3. The Morgan fingerprint density at radius 1 is 0.750 bits per heavy atom. The molecule has 0 amide bonds. The first kappa shape index (κ1) is 32.4. The molecule has 0 aliphatic carbocycles. The molecule has 0 N–H and O–H groups in total. The molecule has 7 rings (SSSR count). The second kappa shape index (κ2) is 12.8. The zero-order valence-electron chi connectivity index (χ0n) is 24.9. The van der Waals surface area contributed by atoms with Crippen LogP contribution in [0.2, 0.25) is 0 Å². The van der Waals surface area contributed by atoms with Crippen molar-refractivity contribution in [3.63, 3.8) is 0 Å². The highest BCUT2D eigenvalue weighted by molar-refractivity contribution is 14.1. The van der Waals surface area contributed by atoms with Gasteiger partial charge in [0.1, 0.15) is 0 Å². The smallest absolute Gasteiger partial charge is 0.399 e. The molecule has 3 heterocycles. The first-order valence-corrected chi connectivity index (χ1v) is 16.2. The van der Waals surface area contributed by atoms with Crippen LogP contribution in [0.1, 0.15) is 40.7 Å². The van der Waals surface area contributed by atoms with E-state index in [0.29, 0.717) is 0 Å². The van der Waals surface area contributed by atoms with Crippen LogP contribution in [-0.2, 0) is 9.31 Å². The van der Waals surface area contributed by atoms with Crippen LogP contribution in [0.5, 0.6) is 0 Å². The normalized spacial score (nSPS) is 15.1. The fourth-order valence-corrected chi connectivity index (χ4v) is 6.22. The van der Waals surface area contributed by atoms with Gasteiger partial charge in [0.15, 0.2) is 0 Å². The van der Waals surface area contributed by atoms with E-state index in [-0.39, 0.29) is 25.7 Å². The van der Waals surface area contributed by atoms with Gasteiger partial charge in [0.25, 0.3) is 0 Å². The van der Waals surface area contributed by atoms with Crippen molar-refractivity contribution < 1.29 is 9.31 Å². The van der Waals surface area contributed by atoms with Gasteiger partial charge < -0.3 is 13.9 Å². The zero-order valence-corrected chi connectivity index (χ0v) is 28.7. The molecule has 6 aromatic rings. The third-order valence-corrected chi connectivity index (χ3v) is 10.8. The summed E-state index contributed by atoms with van der Waals surface area (Å²) in [6.07, 6.45) is 1.81. The highest BCUT2D eigenvalue weighted by atomic mass is 127. The van der Waals surface area contributed by atoms with Crippen molar-refractivity contribution in [2.75, 3.05) is 0 Å². The molecule has 4 nitrogen and oxygen atoms in total. The standard InChI is InChI=1S/C18H22BNO2.C18H11BrIN.CH4/c1-13-12-14(16-8-6-7-11-20-16)9-10-15(13)19-21-17(2,3)18(4,5)22-19;19-15-10-14-13-8-4-5-9-17(13)21(18(14)11-16(15)20)12-6-2-1-3-7-12;/h6-12H,1-5H3;1-11H;1H4. The van der Waals surface area contributed by atoms with Gasteiger partial charge in [-0.3, -0.25) is 4.98 Å². The molecule has 1 fully saturated rings. The van der Waals surface area contributed by atoms with Crippen molar-refractivity contribution in [2.45, 2.75) is 53.2 Å². The van der Waals surface area contributed by atoms with Gasteiger partial charge in [-0.1, -0.05) is 73.7 Å². The molecule has 0 bridgehead atoms. The molecule has 4 aromatic carbocycles. The summed E-state index contributed by atoms with van der Waals surface area (Å²) in [5.74, 6) is 0. The minimum atomic E-state index is -0.317. The number of fused-ring (bicyclic) bond motifs is 3. The van der Waals surface area contributed by atoms with E-state index in [2.05, 4.69) is 168 Å². The summed E-state index contributed by atoms with van der Waals surface area (Å²) >= 11 is 6.02. The van der Waals surface area contributed by atoms with Gasteiger partial charge in [-0.25, -0.2) is 0 Å². The quantitative estimate of drug-likeness (QED) is 0.133. The van der Waals surface area contributed by atoms with Crippen molar-refractivity contribution in [1.29, 1.82) is 0 Å². The molecule has 1 saturated heterocycles. The second-order valence-electron chi connectivity index (χ2n) is 11.8. The van der Waals surface area contributed by atoms with Crippen LogP contribution in [0.15, 0.2) is 114 Å². The summed E-state index contributed by atoms with van der Waals surface area (Å²) in [4.78, 5) is 4.40. The lowest BCUT2D eigenvalue weighted by atomic mass is 9.75. The molecule has 2 aromatic heterocycles. The molecule has 0 atom stereocenters. The van der Waals surface area contributed by atoms with E-state index in [1.165, 1.54) is 31.1 Å². The highest BCUT2D eigenvalue weighted by Crippen LogP contribution is 2.37. The number of nitrogens with zero attached hydrogens (tertiary/aromatic N) is 2. The zero-order chi connectivity index (χ0) is 30.4. The van der Waals surface area contributed by atoms with Crippen LogP contribution in [0, 0.1) is 10.5 Å². The predicted octanol–water partition coefficient (Wildman–Crippen LogP) is 10.1. The van der Waals surface area contributed by atoms with Crippen molar-refractivity contribution in [2.24, 2.45) is 0 Å². The fourth-order valence-electron chi connectivity index (χ4n) is 5.42. The molecule has 0 radical (unpaired) electrons. The van der Waals surface area contributed by atoms with Crippen LogP contribution in [-0.4, -0.2) is 27.9 Å². The number of aromatic nitrogens is 2. The van der Waals surface area contributed by atoms with E-state index in [9.17, 15) is 0 Å². The van der Waals surface area contributed by atoms with Crippen LogP contribution >= 0.6 is 38.5 Å². The monoisotopic (exact) mass is 758 g/mol. The molecule has 0 saturated carbocycles. The first-order chi connectivity index (χ1) is 20.6. The van der Waals surface area contributed by atoms with E-state index < -0.39 is 0 Å². The Hall–Kier alpha value is -2.98. The lowest BCUT2D eigenvalue weighted by molar-refractivity contribution is 0.00578. The summed E-state index contributed by atoms with van der Waals surface area (Å²) < 4.78 is 17.0. The van der Waals surface area contributed by atoms with E-state index >= 15 is 0 Å². The minimum absolute atomic E-state index is 0. The average Bonchev–Trinajstić information content (AvgIpc) is 3.42. The molecule has 1 aliphatic heterocycles. The minimum Gasteiger partial charge on any atom is -0.399 e. The van der Waals surface area contributed by atoms with Crippen molar-refractivity contribution in [1.82, 2.24) is 9.55 Å². The highest BCUT2D eigenvalue weighted by Gasteiger charge is 2.52. The Kier molecular flexibility index (Phi) is 9.43. The van der Waals surface area contributed by atoms with Gasteiger partial charge in [0.2, 0.25) is 0 Å². The average molecular weight is 759 g/mol. The van der Waals surface area contributed by atoms with Crippen molar-refractivity contribution >= 4 is 72.9 Å². The van der Waals surface area contributed by atoms with Gasteiger partial charge in [-0.15, -0.1) is 0 Å². The maximum absolute atomic E-state index is 6.14. The third kappa shape index (κ3) is 6.12. The van der Waals surface area contributed by atoms with Crippen LogP contribution in [0.4, 0.5) is 0 Å². The number of hydrogen-bond donors (Lipinski definition) is 0. The molecule has 0 spiro atoms. The summed E-state index contributed by atoms with van der Waals surface area (Å²) in [6, 6.07) is 35.8. The van der Waals surface area contributed by atoms with E-state index in [0.717, 1.165) is 26.8 Å². The van der Waals surface area contributed by atoms with E-state index in [1.54, 1.807) is 0 Å². The molecule has 1 aliphatic rings. The lowest BCUT2D eigenvalue weighted by Crippen LogP contribution is -2.41. The molecule has 224 valence electrons. The Bertz CT molecular complexity index is 1910. The maximum Gasteiger partial charge on any atom is 0.495 e. The Morgan fingerprint density at radius 3 is 2.07 bits per heavy atom. The molecule has 7 heteroatoms. The predicted molar refractivity (Wildman–Crippen MR) is 198 cm³/mol. The van der Waals surface area contributed by atoms with Gasteiger partial charge in [0, 0.05) is 36.3 Å². The number of benzene rings is 4. The third-order valence-electron chi connectivity index (χ3n) is 8.47. The first-order valence-electron chi connectivity index (χ1n) is 14.4. The Balaban J connectivity index is 0.000000171. The summed E-state index contributed by atoms with van der Waals surface area (Å²) in [5, 5.41) is 2.56. The van der Waals surface area contributed by atoms with Crippen LogP contribution in [0.25, 0.3) is 38.8 Å². The molecule has 44 heavy (non-hydrogen) atoms. The van der Waals surface area contributed by atoms with Crippen LogP contribution < -0.4 is 5.46 Å². The van der Waals surface area contributed by atoms with Gasteiger partial charge in [-0.2, -0.15) is 0 Å². The molecule has 0 unspecified atom stereocenters. The Morgan fingerprint density at radius 2 is 1.41 bits per heavy atom. The molecular weight excluding hydrogens is 722 g/mol. The number of rotatable bonds is 3. The number of para-hydroxylation sites is 2. The summed E-state index contributed by atoms with van der Waals surface area (Å²) in [5.41, 5.74) is 7.38. The largest absolute Gasteiger partial charge is 0.495 e. The van der Waals surface area contributed by atoms with Crippen LogP contribution in [0.3, 0.4) is 0 Å². The van der Waals surface area contributed by atoms with Gasteiger partial charge >= 0.3 is 7.12 Å². The summed E-state index contributed by atoms with van der Waals surface area (Å²) in [6.45, 7) is 10.4. The van der Waals surface area contributed by atoms with E-state index in [1.807, 2.05) is 24.4 Å². The topological polar surface area (TPSA) is 36.3 Å². The molecular formula is C37H37BBrIN2O2. The Labute approximate surface area is 283 Å². The SMILES string of the molecule is Brc1cc2c3ccccc3n(-c3ccccc3)c2cc1I.C.Cc1cc(-c2ccccn2)ccc1B1OC(C)(C)C(C)(C)O1.